The molecule has 3 nitrogen and oxygen atoms in total. The Balaban J connectivity index is 1.96. The van der Waals surface area contributed by atoms with E-state index in [0.29, 0.717) is 4.80 Å². The average Bonchev–Trinajstić information content (AvgIpc) is 2.83. The molecule has 0 unspecified atom stereocenters. The van der Waals surface area contributed by atoms with Crippen LogP contribution in [0.25, 0.3) is 16.3 Å². The molecule has 23 heavy (non-hydrogen) atoms. The Bertz CT molecular complexity index is 962. The van der Waals surface area contributed by atoms with Gasteiger partial charge in [-0.2, -0.15) is 4.99 Å². The standard InChI is InChI=1S/C19H18N2OS/c1-13-11-16-17(12-14(13)2)23-19(21(16)3)20-18(22)10-9-15-7-5-4-6-8-15/h4-12H,1-3H3/b10-9+,20-19?. The predicted molar refractivity (Wildman–Crippen MR) is 96.3 cm³/mol. The average molecular weight is 322 g/mol. The molecule has 3 aromatic rings. The maximum absolute atomic E-state index is 12.1. The summed E-state index contributed by atoms with van der Waals surface area (Å²) in [4.78, 5) is 17.0. The van der Waals surface area contributed by atoms with E-state index in [1.807, 2.05) is 41.9 Å². The van der Waals surface area contributed by atoms with E-state index in [0.717, 1.165) is 15.8 Å². The number of hydrogen-bond donors (Lipinski definition) is 0. The van der Waals surface area contributed by atoms with E-state index >= 15 is 0 Å². The molecule has 0 aliphatic carbocycles. The van der Waals surface area contributed by atoms with E-state index in [1.54, 1.807) is 6.08 Å². The van der Waals surface area contributed by atoms with E-state index in [-0.39, 0.29) is 5.91 Å². The summed E-state index contributed by atoms with van der Waals surface area (Å²) in [6.45, 7) is 4.19. The van der Waals surface area contributed by atoms with Gasteiger partial charge in [0.05, 0.1) is 10.2 Å². The maximum Gasteiger partial charge on any atom is 0.272 e. The van der Waals surface area contributed by atoms with Gasteiger partial charge < -0.3 is 4.57 Å². The van der Waals surface area contributed by atoms with Crippen LogP contribution in [0.2, 0.25) is 0 Å². The second-order valence-corrected chi connectivity index (χ2v) is 6.55. The van der Waals surface area contributed by atoms with Crippen LogP contribution in [0.15, 0.2) is 53.5 Å². The second-order valence-electron chi connectivity index (χ2n) is 5.54. The molecular formula is C19H18N2OS. The monoisotopic (exact) mass is 322 g/mol. The number of benzene rings is 2. The van der Waals surface area contributed by atoms with Gasteiger partial charge in [-0.15, -0.1) is 0 Å². The summed E-state index contributed by atoms with van der Waals surface area (Å²) in [5, 5.41) is 0. The van der Waals surface area contributed by atoms with E-state index < -0.39 is 0 Å². The van der Waals surface area contributed by atoms with Gasteiger partial charge in [0.2, 0.25) is 0 Å². The molecule has 0 saturated heterocycles. The first-order valence-corrected chi connectivity index (χ1v) is 8.25. The number of aryl methyl sites for hydroxylation is 3. The Hall–Kier alpha value is -2.46. The lowest BCUT2D eigenvalue weighted by Crippen LogP contribution is -2.12. The molecule has 1 amide bonds. The van der Waals surface area contributed by atoms with Crippen LogP contribution in [0.3, 0.4) is 0 Å². The molecule has 0 aliphatic heterocycles. The second kappa shape index (κ2) is 6.34. The predicted octanol–water partition coefficient (Wildman–Crippen LogP) is 4.00. The summed E-state index contributed by atoms with van der Waals surface area (Å²) in [7, 11) is 1.95. The first-order valence-electron chi connectivity index (χ1n) is 7.43. The lowest BCUT2D eigenvalue weighted by Gasteiger charge is -2.00. The number of hydrogen-bond acceptors (Lipinski definition) is 2. The highest BCUT2D eigenvalue weighted by Crippen LogP contribution is 2.21. The van der Waals surface area contributed by atoms with Gasteiger partial charge in [0.25, 0.3) is 5.91 Å². The summed E-state index contributed by atoms with van der Waals surface area (Å²) in [5.74, 6) is -0.246. The van der Waals surface area contributed by atoms with Crippen molar-refractivity contribution in [3.05, 3.63) is 70.0 Å². The zero-order valence-electron chi connectivity index (χ0n) is 13.4. The normalized spacial score (nSPS) is 12.4. The van der Waals surface area contributed by atoms with Gasteiger partial charge >= 0.3 is 0 Å². The summed E-state index contributed by atoms with van der Waals surface area (Å²) in [6.07, 6.45) is 3.30. The quantitative estimate of drug-likeness (QED) is 0.657. The minimum atomic E-state index is -0.246. The summed E-state index contributed by atoms with van der Waals surface area (Å²) in [6, 6.07) is 14.0. The molecule has 3 rings (SSSR count). The number of nitrogens with zero attached hydrogens (tertiary/aromatic N) is 2. The van der Waals surface area contributed by atoms with Crippen LogP contribution in [0.1, 0.15) is 16.7 Å². The van der Waals surface area contributed by atoms with Crippen molar-refractivity contribution >= 4 is 33.5 Å². The number of aromatic nitrogens is 1. The molecule has 0 N–H and O–H groups in total. The van der Waals surface area contributed by atoms with Crippen molar-refractivity contribution in [3.63, 3.8) is 0 Å². The molecule has 0 saturated carbocycles. The van der Waals surface area contributed by atoms with Gasteiger partial charge in [-0.25, -0.2) is 0 Å². The molecule has 0 spiro atoms. The fraction of sp³-hybridized carbons (Fsp3) is 0.158. The molecule has 2 aromatic carbocycles. The SMILES string of the molecule is Cc1cc2sc(=NC(=O)/C=C/c3ccccc3)n(C)c2cc1C. The van der Waals surface area contributed by atoms with Gasteiger partial charge in [-0.1, -0.05) is 41.7 Å². The molecule has 1 heterocycles. The van der Waals surface area contributed by atoms with E-state index in [4.69, 9.17) is 0 Å². The van der Waals surface area contributed by atoms with E-state index in [1.165, 1.54) is 28.5 Å². The van der Waals surface area contributed by atoms with Crippen LogP contribution < -0.4 is 4.80 Å². The summed E-state index contributed by atoms with van der Waals surface area (Å²) in [5.41, 5.74) is 4.59. The van der Waals surface area contributed by atoms with Crippen LogP contribution in [0, 0.1) is 13.8 Å². The van der Waals surface area contributed by atoms with Gasteiger partial charge in [-0.3, -0.25) is 4.79 Å². The Kier molecular flexibility index (Phi) is 4.26. The number of amides is 1. The molecule has 1 aromatic heterocycles. The van der Waals surface area contributed by atoms with Crippen LogP contribution in [-0.4, -0.2) is 10.5 Å². The first-order chi connectivity index (χ1) is 11.0. The highest BCUT2D eigenvalue weighted by molar-refractivity contribution is 7.16. The highest BCUT2D eigenvalue weighted by Gasteiger charge is 2.06. The molecule has 116 valence electrons. The van der Waals surface area contributed by atoms with Crippen LogP contribution in [-0.2, 0) is 11.8 Å². The van der Waals surface area contributed by atoms with Crippen LogP contribution >= 0.6 is 11.3 Å². The third-order valence-electron chi connectivity index (χ3n) is 3.85. The summed E-state index contributed by atoms with van der Waals surface area (Å²) >= 11 is 1.54. The van der Waals surface area contributed by atoms with Crippen molar-refractivity contribution in [2.45, 2.75) is 13.8 Å². The van der Waals surface area contributed by atoms with E-state index in [2.05, 4.69) is 31.0 Å². The lowest BCUT2D eigenvalue weighted by atomic mass is 10.1. The topological polar surface area (TPSA) is 34.4 Å². The molecule has 4 heteroatoms. The van der Waals surface area contributed by atoms with Crippen LogP contribution in [0.5, 0.6) is 0 Å². The van der Waals surface area contributed by atoms with Crippen molar-refractivity contribution < 1.29 is 4.79 Å². The zero-order chi connectivity index (χ0) is 16.4. The van der Waals surface area contributed by atoms with Crippen LogP contribution in [0.4, 0.5) is 0 Å². The minimum absolute atomic E-state index is 0.246. The first kappa shape index (κ1) is 15.4. The van der Waals surface area contributed by atoms with Gasteiger partial charge in [0.15, 0.2) is 4.80 Å². The van der Waals surface area contributed by atoms with Crippen molar-refractivity contribution in [1.82, 2.24) is 4.57 Å². The Morgan fingerprint density at radius 3 is 2.57 bits per heavy atom. The van der Waals surface area contributed by atoms with Crippen molar-refractivity contribution in [2.24, 2.45) is 12.0 Å². The highest BCUT2D eigenvalue weighted by atomic mass is 32.1. The molecule has 0 bridgehead atoms. The Morgan fingerprint density at radius 2 is 1.83 bits per heavy atom. The lowest BCUT2D eigenvalue weighted by molar-refractivity contribution is -0.113. The van der Waals surface area contributed by atoms with Crippen molar-refractivity contribution in [2.75, 3.05) is 0 Å². The third-order valence-corrected chi connectivity index (χ3v) is 4.94. The number of carbonyl (C=O) groups is 1. The fourth-order valence-electron chi connectivity index (χ4n) is 2.35. The molecule has 0 atom stereocenters. The maximum atomic E-state index is 12.1. The number of rotatable bonds is 2. The number of thiazole rings is 1. The minimum Gasteiger partial charge on any atom is -0.319 e. The smallest absolute Gasteiger partial charge is 0.272 e. The molecular weight excluding hydrogens is 304 g/mol. The Labute approximate surface area is 139 Å². The van der Waals surface area contributed by atoms with Crippen molar-refractivity contribution in [1.29, 1.82) is 0 Å². The fourth-order valence-corrected chi connectivity index (χ4v) is 3.45. The zero-order valence-corrected chi connectivity index (χ0v) is 14.2. The third kappa shape index (κ3) is 3.32. The van der Waals surface area contributed by atoms with Gasteiger partial charge in [0.1, 0.15) is 0 Å². The largest absolute Gasteiger partial charge is 0.319 e. The van der Waals surface area contributed by atoms with Gasteiger partial charge in [-0.05, 0) is 48.7 Å². The molecule has 0 aliphatic rings. The van der Waals surface area contributed by atoms with E-state index in [9.17, 15) is 4.79 Å². The Morgan fingerprint density at radius 1 is 1.13 bits per heavy atom. The number of fused-ring (bicyclic) bond motifs is 1. The molecule has 0 fully saturated rings. The number of carbonyl (C=O) groups excluding carboxylic acids is 1. The van der Waals surface area contributed by atoms with Gasteiger partial charge in [0, 0.05) is 13.1 Å². The summed E-state index contributed by atoms with van der Waals surface area (Å²) < 4.78 is 3.12. The van der Waals surface area contributed by atoms with Crippen molar-refractivity contribution in [3.8, 4) is 0 Å². The molecule has 0 radical (unpaired) electrons.